The lowest BCUT2D eigenvalue weighted by Gasteiger charge is -2.40. The molecule has 1 aliphatic rings. The largest absolute Gasteiger partial charge is 0.497 e. The molecule has 0 saturated carbocycles. The molecule has 0 bridgehead atoms. The maximum atomic E-state index is 9.48. The summed E-state index contributed by atoms with van der Waals surface area (Å²) in [5.74, 6) is 0.875. The van der Waals surface area contributed by atoms with E-state index in [0.717, 1.165) is 12.2 Å². The zero-order valence-electron chi connectivity index (χ0n) is 11.1. The molecule has 2 aromatic rings. The maximum absolute atomic E-state index is 9.48. The quantitative estimate of drug-likeness (QED) is 0.915. The molecule has 0 aromatic heterocycles. The molecule has 0 unspecified atom stereocenters. The Hall–Kier alpha value is -1.58. The molecule has 1 saturated heterocycles. The molecule has 1 N–H and O–H groups in total. The van der Waals surface area contributed by atoms with E-state index in [2.05, 4.69) is 24.3 Å². The molecule has 0 aliphatic carbocycles. The lowest BCUT2D eigenvalue weighted by molar-refractivity contribution is -0.135. The number of methoxy groups -OCH3 is 1. The van der Waals surface area contributed by atoms with Gasteiger partial charge in [0.1, 0.15) is 5.75 Å². The van der Waals surface area contributed by atoms with Crippen molar-refractivity contribution >= 4 is 10.8 Å². The highest BCUT2D eigenvalue weighted by Gasteiger charge is 2.37. The number of hydrogen-bond acceptors (Lipinski definition) is 3. The molecule has 0 spiro atoms. The van der Waals surface area contributed by atoms with Gasteiger partial charge in [-0.2, -0.15) is 0 Å². The number of hydrogen-bond donors (Lipinski definition) is 1. The third-order valence-corrected chi connectivity index (χ3v) is 3.84. The van der Waals surface area contributed by atoms with Gasteiger partial charge in [-0.15, -0.1) is 0 Å². The van der Waals surface area contributed by atoms with Gasteiger partial charge < -0.3 is 14.6 Å². The van der Waals surface area contributed by atoms with E-state index in [1.807, 2.05) is 12.1 Å². The molecule has 1 heterocycles. The summed E-state index contributed by atoms with van der Waals surface area (Å²) >= 11 is 0. The van der Waals surface area contributed by atoms with Crippen LogP contribution in [0.5, 0.6) is 5.75 Å². The van der Waals surface area contributed by atoms with Crippen molar-refractivity contribution in [3.8, 4) is 5.75 Å². The number of aliphatic hydroxyl groups excluding tert-OH is 1. The summed E-state index contributed by atoms with van der Waals surface area (Å²) in [6.07, 6.45) is 0.867. The van der Waals surface area contributed by atoms with Gasteiger partial charge in [0.15, 0.2) is 0 Å². The molecular formula is C16H18O3. The molecule has 100 valence electrons. The Balaban J connectivity index is 1.89. The summed E-state index contributed by atoms with van der Waals surface area (Å²) in [4.78, 5) is 0. The van der Waals surface area contributed by atoms with Gasteiger partial charge in [-0.05, 0) is 34.9 Å². The van der Waals surface area contributed by atoms with E-state index in [1.165, 1.54) is 16.3 Å². The monoisotopic (exact) mass is 258 g/mol. The van der Waals surface area contributed by atoms with E-state index < -0.39 is 0 Å². The number of rotatable bonds is 4. The molecule has 3 nitrogen and oxygen atoms in total. The van der Waals surface area contributed by atoms with Crippen LogP contribution in [0, 0.1) is 5.41 Å². The number of aliphatic hydroxyl groups is 1. The van der Waals surface area contributed by atoms with Gasteiger partial charge in [0, 0.05) is 5.41 Å². The van der Waals surface area contributed by atoms with Crippen molar-refractivity contribution < 1.29 is 14.6 Å². The van der Waals surface area contributed by atoms with E-state index in [-0.39, 0.29) is 12.0 Å². The van der Waals surface area contributed by atoms with E-state index in [0.29, 0.717) is 13.2 Å². The van der Waals surface area contributed by atoms with Crippen LogP contribution >= 0.6 is 0 Å². The van der Waals surface area contributed by atoms with Crippen LogP contribution in [-0.4, -0.2) is 32.0 Å². The van der Waals surface area contributed by atoms with Crippen molar-refractivity contribution in [2.45, 2.75) is 6.42 Å². The van der Waals surface area contributed by atoms with E-state index in [9.17, 15) is 5.11 Å². The van der Waals surface area contributed by atoms with Crippen molar-refractivity contribution in [1.82, 2.24) is 0 Å². The summed E-state index contributed by atoms with van der Waals surface area (Å²) in [6, 6.07) is 12.5. The minimum absolute atomic E-state index is 0.0693. The van der Waals surface area contributed by atoms with Crippen LogP contribution in [0.1, 0.15) is 5.56 Å². The van der Waals surface area contributed by atoms with Gasteiger partial charge in [-0.25, -0.2) is 0 Å². The van der Waals surface area contributed by atoms with Crippen molar-refractivity contribution in [3.05, 3.63) is 42.0 Å². The predicted octanol–water partition coefficient (Wildman–Crippen LogP) is 2.40. The standard InChI is InChI=1S/C16H18O3/c1-18-15-5-4-13-6-12(2-3-14(13)7-15)8-16(9-17)10-19-11-16/h2-7,17H,8-11H2,1H3. The summed E-state index contributed by atoms with van der Waals surface area (Å²) in [6.45, 7) is 1.50. The molecule has 0 amide bonds. The Labute approximate surface area is 112 Å². The van der Waals surface area contributed by atoms with Gasteiger partial charge in [-0.3, -0.25) is 0 Å². The summed E-state index contributed by atoms with van der Waals surface area (Å²) in [7, 11) is 1.68. The molecule has 0 radical (unpaired) electrons. The van der Waals surface area contributed by atoms with Crippen LogP contribution in [0.4, 0.5) is 0 Å². The Morgan fingerprint density at radius 1 is 1.16 bits per heavy atom. The molecule has 2 aromatic carbocycles. The minimum Gasteiger partial charge on any atom is -0.497 e. The van der Waals surface area contributed by atoms with Crippen molar-refractivity contribution in [2.24, 2.45) is 5.41 Å². The van der Waals surface area contributed by atoms with Gasteiger partial charge in [0.05, 0.1) is 26.9 Å². The van der Waals surface area contributed by atoms with Crippen LogP contribution < -0.4 is 4.74 Å². The summed E-state index contributed by atoms with van der Waals surface area (Å²) in [5.41, 5.74) is 1.18. The Morgan fingerprint density at radius 3 is 2.53 bits per heavy atom. The SMILES string of the molecule is COc1ccc2cc(CC3(CO)COC3)ccc2c1. The fraction of sp³-hybridized carbons (Fsp3) is 0.375. The second-order valence-corrected chi connectivity index (χ2v) is 5.38. The topological polar surface area (TPSA) is 38.7 Å². The summed E-state index contributed by atoms with van der Waals surface area (Å²) in [5, 5.41) is 11.9. The van der Waals surface area contributed by atoms with Crippen LogP contribution in [0.2, 0.25) is 0 Å². The Morgan fingerprint density at radius 2 is 1.89 bits per heavy atom. The second kappa shape index (κ2) is 4.83. The number of benzene rings is 2. The minimum atomic E-state index is -0.0693. The number of fused-ring (bicyclic) bond motifs is 1. The molecule has 3 heteroatoms. The van der Waals surface area contributed by atoms with Crippen LogP contribution in [0.25, 0.3) is 10.8 Å². The first-order valence-corrected chi connectivity index (χ1v) is 6.50. The zero-order chi connectivity index (χ0) is 13.3. The Bertz CT molecular complexity index is 582. The molecule has 1 aliphatic heterocycles. The fourth-order valence-corrected chi connectivity index (χ4v) is 2.58. The first-order valence-electron chi connectivity index (χ1n) is 6.50. The van der Waals surface area contributed by atoms with Crippen molar-refractivity contribution in [1.29, 1.82) is 0 Å². The van der Waals surface area contributed by atoms with E-state index in [1.54, 1.807) is 7.11 Å². The van der Waals surface area contributed by atoms with Gasteiger partial charge in [-0.1, -0.05) is 24.3 Å². The lowest BCUT2D eigenvalue weighted by Crippen LogP contribution is -2.47. The van der Waals surface area contributed by atoms with Crippen LogP contribution in [-0.2, 0) is 11.2 Å². The highest BCUT2D eigenvalue weighted by atomic mass is 16.5. The highest BCUT2D eigenvalue weighted by molar-refractivity contribution is 5.84. The average molecular weight is 258 g/mol. The molecule has 3 rings (SSSR count). The first kappa shape index (κ1) is 12.5. The van der Waals surface area contributed by atoms with E-state index >= 15 is 0 Å². The molecular weight excluding hydrogens is 240 g/mol. The average Bonchev–Trinajstić information content (AvgIpc) is 2.42. The number of ether oxygens (including phenoxy) is 2. The second-order valence-electron chi connectivity index (χ2n) is 5.38. The Kier molecular flexibility index (Phi) is 3.17. The van der Waals surface area contributed by atoms with Gasteiger partial charge in [0.2, 0.25) is 0 Å². The third-order valence-electron chi connectivity index (χ3n) is 3.84. The molecule has 19 heavy (non-hydrogen) atoms. The van der Waals surface area contributed by atoms with Gasteiger partial charge in [0.25, 0.3) is 0 Å². The lowest BCUT2D eigenvalue weighted by atomic mass is 9.80. The maximum Gasteiger partial charge on any atom is 0.119 e. The van der Waals surface area contributed by atoms with E-state index in [4.69, 9.17) is 9.47 Å². The zero-order valence-corrected chi connectivity index (χ0v) is 11.1. The predicted molar refractivity (Wildman–Crippen MR) is 74.5 cm³/mol. The van der Waals surface area contributed by atoms with Crippen molar-refractivity contribution in [3.63, 3.8) is 0 Å². The third kappa shape index (κ3) is 2.31. The first-order chi connectivity index (χ1) is 9.24. The van der Waals surface area contributed by atoms with Crippen molar-refractivity contribution in [2.75, 3.05) is 26.9 Å². The highest BCUT2D eigenvalue weighted by Crippen LogP contribution is 2.32. The van der Waals surface area contributed by atoms with Gasteiger partial charge >= 0.3 is 0 Å². The summed E-state index contributed by atoms with van der Waals surface area (Å²) < 4.78 is 10.5. The van der Waals surface area contributed by atoms with Crippen LogP contribution in [0.3, 0.4) is 0 Å². The molecule has 1 fully saturated rings. The fourth-order valence-electron chi connectivity index (χ4n) is 2.58. The normalized spacial score (nSPS) is 17.2. The molecule has 0 atom stereocenters. The smallest absolute Gasteiger partial charge is 0.119 e. The van der Waals surface area contributed by atoms with Crippen LogP contribution in [0.15, 0.2) is 36.4 Å².